The Balaban J connectivity index is 2.15. The highest BCUT2D eigenvalue weighted by molar-refractivity contribution is 7.89. The highest BCUT2D eigenvalue weighted by atomic mass is 32.2. The van der Waals surface area contributed by atoms with E-state index in [1.165, 1.54) is 0 Å². The summed E-state index contributed by atoms with van der Waals surface area (Å²) in [6, 6.07) is 0.540. The first kappa shape index (κ1) is 16.3. The van der Waals surface area contributed by atoms with Crippen molar-refractivity contribution in [3.05, 3.63) is 29.6 Å². The van der Waals surface area contributed by atoms with Crippen molar-refractivity contribution in [1.29, 1.82) is 0 Å². The lowest BCUT2D eigenvalue weighted by Gasteiger charge is -2.28. The fraction of sp³-hybridized carbons (Fsp3) is 0.538. The number of sulfonamides is 1. The first-order chi connectivity index (χ1) is 9.81. The van der Waals surface area contributed by atoms with Crippen LogP contribution in [0.25, 0.3) is 0 Å². The molecule has 1 aromatic carbocycles. The number of benzene rings is 1. The molecule has 1 aromatic rings. The maximum absolute atomic E-state index is 13.5. The molecule has 1 aliphatic carbocycles. The molecule has 2 unspecified atom stereocenters. The Morgan fingerprint density at radius 1 is 1.14 bits per heavy atom. The highest BCUT2D eigenvalue weighted by Gasteiger charge is 2.28. The lowest BCUT2D eigenvalue weighted by atomic mass is 9.85. The summed E-state index contributed by atoms with van der Waals surface area (Å²) in [5.41, 5.74) is 5.89. The van der Waals surface area contributed by atoms with E-state index in [-0.39, 0.29) is 18.5 Å². The molecule has 1 saturated carbocycles. The van der Waals surface area contributed by atoms with E-state index in [9.17, 15) is 21.6 Å². The van der Waals surface area contributed by atoms with Gasteiger partial charge in [-0.1, -0.05) is 12.8 Å². The van der Waals surface area contributed by atoms with Crippen LogP contribution < -0.4 is 10.5 Å². The first-order valence-electron chi connectivity index (χ1n) is 6.71. The van der Waals surface area contributed by atoms with E-state index in [4.69, 9.17) is 5.73 Å². The average molecular weight is 322 g/mol. The van der Waals surface area contributed by atoms with Crippen LogP contribution in [-0.2, 0) is 10.0 Å². The molecule has 0 aliphatic heterocycles. The molecule has 0 amide bonds. The first-order valence-corrected chi connectivity index (χ1v) is 8.19. The van der Waals surface area contributed by atoms with E-state index < -0.39 is 32.4 Å². The average Bonchev–Trinajstić information content (AvgIpc) is 2.36. The molecule has 2 atom stereocenters. The van der Waals surface area contributed by atoms with Gasteiger partial charge in [0.15, 0.2) is 4.90 Å². The van der Waals surface area contributed by atoms with Gasteiger partial charge in [-0.15, -0.1) is 0 Å². The largest absolute Gasteiger partial charge is 0.327 e. The summed E-state index contributed by atoms with van der Waals surface area (Å²) < 4.78 is 66.0. The van der Waals surface area contributed by atoms with Gasteiger partial charge in [0.05, 0.1) is 0 Å². The monoisotopic (exact) mass is 322 g/mol. The summed E-state index contributed by atoms with van der Waals surface area (Å²) in [5.74, 6) is -4.14. The lowest BCUT2D eigenvalue weighted by molar-refractivity contribution is 0.308. The van der Waals surface area contributed by atoms with Crippen molar-refractivity contribution in [2.24, 2.45) is 11.7 Å². The van der Waals surface area contributed by atoms with E-state index in [0.717, 1.165) is 25.7 Å². The minimum Gasteiger partial charge on any atom is -0.327 e. The van der Waals surface area contributed by atoms with Crippen LogP contribution in [0.15, 0.2) is 17.0 Å². The third-order valence-electron chi connectivity index (χ3n) is 3.74. The molecule has 0 aromatic heterocycles. The summed E-state index contributed by atoms with van der Waals surface area (Å²) in [7, 11) is -4.38. The van der Waals surface area contributed by atoms with Crippen molar-refractivity contribution in [3.8, 4) is 0 Å². The Kier molecular flexibility index (Phi) is 4.90. The maximum Gasteiger partial charge on any atom is 0.246 e. The van der Waals surface area contributed by atoms with Gasteiger partial charge in [0.25, 0.3) is 0 Å². The zero-order valence-electron chi connectivity index (χ0n) is 11.3. The van der Waals surface area contributed by atoms with Gasteiger partial charge in [-0.3, -0.25) is 0 Å². The maximum atomic E-state index is 13.5. The minimum atomic E-state index is -4.38. The van der Waals surface area contributed by atoms with Gasteiger partial charge in [0.1, 0.15) is 17.5 Å². The normalized spacial score (nSPS) is 23.2. The molecular weight excluding hydrogens is 305 g/mol. The molecular formula is C13H17F3N2O2S. The molecule has 2 rings (SSSR count). The number of hydrogen-bond donors (Lipinski definition) is 2. The fourth-order valence-electron chi connectivity index (χ4n) is 2.56. The van der Waals surface area contributed by atoms with Crippen LogP contribution in [0.5, 0.6) is 0 Å². The van der Waals surface area contributed by atoms with Crippen LogP contribution in [0.4, 0.5) is 13.2 Å². The summed E-state index contributed by atoms with van der Waals surface area (Å²) >= 11 is 0. The smallest absolute Gasteiger partial charge is 0.246 e. The van der Waals surface area contributed by atoms with E-state index in [1.807, 2.05) is 0 Å². The minimum absolute atomic E-state index is 0.0136. The van der Waals surface area contributed by atoms with Gasteiger partial charge >= 0.3 is 0 Å². The quantitative estimate of drug-likeness (QED) is 0.889. The molecule has 4 nitrogen and oxygen atoms in total. The molecule has 1 fully saturated rings. The third-order valence-corrected chi connectivity index (χ3v) is 5.21. The van der Waals surface area contributed by atoms with Gasteiger partial charge < -0.3 is 5.73 Å². The van der Waals surface area contributed by atoms with Gasteiger partial charge in [-0.25, -0.2) is 26.3 Å². The molecule has 0 spiro atoms. The molecule has 0 radical (unpaired) electrons. The van der Waals surface area contributed by atoms with E-state index in [2.05, 4.69) is 4.72 Å². The van der Waals surface area contributed by atoms with Crippen molar-refractivity contribution >= 4 is 10.0 Å². The van der Waals surface area contributed by atoms with Crippen LogP contribution in [0.3, 0.4) is 0 Å². The van der Waals surface area contributed by atoms with Crippen LogP contribution >= 0.6 is 0 Å². The summed E-state index contributed by atoms with van der Waals surface area (Å²) in [5, 5.41) is 0. The zero-order valence-corrected chi connectivity index (χ0v) is 12.1. The Morgan fingerprint density at radius 3 is 2.29 bits per heavy atom. The van der Waals surface area contributed by atoms with Crippen molar-refractivity contribution in [2.75, 3.05) is 6.54 Å². The van der Waals surface area contributed by atoms with Crippen molar-refractivity contribution < 1.29 is 21.6 Å². The van der Waals surface area contributed by atoms with Crippen LogP contribution in [0, 0.1) is 23.4 Å². The van der Waals surface area contributed by atoms with E-state index in [1.54, 1.807) is 0 Å². The number of nitrogens with one attached hydrogen (secondary N) is 1. The number of rotatable bonds is 4. The number of nitrogens with two attached hydrogens (primary N) is 1. The molecule has 3 N–H and O–H groups in total. The van der Waals surface area contributed by atoms with E-state index in [0.29, 0.717) is 12.1 Å². The second kappa shape index (κ2) is 6.33. The Morgan fingerprint density at radius 2 is 1.71 bits per heavy atom. The van der Waals surface area contributed by atoms with Crippen LogP contribution in [0.2, 0.25) is 0 Å². The van der Waals surface area contributed by atoms with Gasteiger partial charge in [0, 0.05) is 24.7 Å². The summed E-state index contributed by atoms with van der Waals surface area (Å²) in [6.45, 7) is 0.0136. The summed E-state index contributed by atoms with van der Waals surface area (Å²) in [4.78, 5) is -1.16. The predicted octanol–water partition coefficient (Wildman–Crippen LogP) is 1.90. The SMILES string of the molecule is NC1CCCCC1CNS(=O)(=O)c1c(F)cc(F)cc1F. The molecule has 0 heterocycles. The molecule has 0 saturated heterocycles. The zero-order chi connectivity index (χ0) is 15.6. The summed E-state index contributed by atoms with van der Waals surface area (Å²) in [6.07, 6.45) is 3.49. The third kappa shape index (κ3) is 3.75. The van der Waals surface area contributed by atoms with Gasteiger partial charge in [-0.05, 0) is 18.8 Å². The van der Waals surface area contributed by atoms with Gasteiger partial charge in [-0.2, -0.15) is 0 Å². The standard InChI is InChI=1S/C13H17F3N2O2S/c14-9-5-10(15)13(11(16)6-9)21(19,20)18-7-8-3-1-2-4-12(8)17/h5-6,8,12,18H,1-4,7,17H2. The lowest BCUT2D eigenvalue weighted by Crippen LogP contribution is -2.41. The molecule has 21 heavy (non-hydrogen) atoms. The second-order valence-corrected chi connectivity index (χ2v) is 6.96. The van der Waals surface area contributed by atoms with Crippen molar-refractivity contribution in [3.63, 3.8) is 0 Å². The molecule has 1 aliphatic rings. The second-order valence-electron chi connectivity index (χ2n) is 5.26. The predicted molar refractivity (Wildman–Crippen MR) is 71.4 cm³/mol. The molecule has 0 bridgehead atoms. The molecule has 8 heteroatoms. The van der Waals surface area contributed by atoms with Gasteiger partial charge in [0.2, 0.25) is 10.0 Å². The van der Waals surface area contributed by atoms with Crippen LogP contribution in [0.1, 0.15) is 25.7 Å². The number of hydrogen-bond acceptors (Lipinski definition) is 3. The van der Waals surface area contributed by atoms with Crippen molar-refractivity contribution in [1.82, 2.24) is 4.72 Å². The Labute approximate surface area is 121 Å². The number of halogens is 3. The highest BCUT2D eigenvalue weighted by Crippen LogP contribution is 2.24. The fourth-order valence-corrected chi connectivity index (χ4v) is 3.77. The van der Waals surface area contributed by atoms with E-state index >= 15 is 0 Å². The van der Waals surface area contributed by atoms with Crippen molar-refractivity contribution in [2.45, 2.75) is 36.6 Å². The van der Waals surface area contributed by atoms with Crippen LogP contribution in [-0.4, -0.2) is 21.0 Å². The Bertz CT molecular complexity index is 599. The Hall–Kier alpha value is -1.12. The topological polar surface area (TPSA) is 72.2 Å². The molecule has 118 valence electrons.